The van der Waals surface area contributed by atoms with E-state index < -0.39 is 0 Å². The molecule has 0 aromatic heterocycles. The second kappa shape index (κ2) is 15.8. The van der Waals surface area contributed by atoms with Crippen molar-refractivity contribution in [3.05, 3.63) is 34.9 Å². The molecular formula is C18H32ClIN4OS. The Kier molecular flexibility index (Phi) is 15.7. The van der Waals surface area contributed by atoms with Crippen molar-refractivity contribution < 1.29 is 4.74 Å². The van der Waals surface area contributed by atoms with Crippen LogP contribution in [0.5, 0.6) is 0 Å². The molecule has 1 aromatic rings. The van der Waals surface area contributed by atoms with Gasteiger partial charge in [0.05, 0.1) is 0 Å². The summed E-state index contributed by atoms with van der Waals surface area (Å²) in [6.07, 6.45) is 3.16. The molecule has 0 bridgehead atoms. The Hall–Kier alpha value is -0.220. The van der Waals surface area contributed by atoms with Gasteiger partial charge in [0, 0.05) is 57.2 Å². The van der Waals surface area contributed by atoms with Gasteiger partial charge in [-0.25, -0.2) is 0 Å². The number of thioether (sulfide) groups is 1. The number of ether oxygens (including phenoxy) is 1. The molecule has 0 aliphatic carbocycles. The van der Waals surface area contributed by atoms with Crippen LogP contribution in [-0.2, 0) is 4.74 Å². The summed E-state index contributed by atoms with van der Waals surface area (Å²) in [5.41, 5.74) is 1.22. The molecule has 150 valence electrons. The second-order valence-electron chi connectivity index (χ2n) is 5.81. The summed E-state index contributed by atoms with van der Waals surface area (Å²) in [4.78, 5) is 6.59. The molecule has 0 spiro atoms. The van der Waals surface area contributed by atoms with Gasteiger partial charge in [-0.2, -0.15) is 11.8 Å². The SMILES string of the molecule is CN=C(NCCN(C)CCCOC)NCC(SC)c1cccc(Cl)c1.I. The molecule has 1 unspecified atom stereocenters. The highest BCUT2D eigenvalue weighted by Crippen LogP contribution is 2.27. The van der Waals surface area contributed by atoms with Crippen LogP contribution in [0.15, 0.2) is 29.3 Å². The van der Waals surface area contributed by atoms with Gasteiger partial charge in [-0.1, -0.05) is 23.7 Å². The molecule has 1 aromatic carbocycles. The molecule has 8 heteroatoms. The summed E-state index contributed by atoms with van der Waals surface area (Å²) < 4.78 is 5.08. The molecule has 26 heavy (non-hydrogen) atoms. The average molecular weight is 515 g/mol. The lowest BCUT2D eigenvalue weighted by molar-refractivity contribution is 0.180. The lowest BCUT2D eigenvalue weighted by Gasteiger charge is -2.20. The number of likely N-dealkylation sites (N-methyl/N-ethyl adjacent to an activating group) is 1. The van der Waals surface area contributed by atoms with Crippen molar-refractivity contribution >= 4 is 53.3 Å². The van der Waals surface area contributed by atoms with Gasteiger partial charge < -0.3 is 20.3 Å². The molecule has 0 fully saturated rings. The number of methoxy groups -OCH3 is 1. The summed E-state index contributed by atoms with van der Waals surface area (Å²) in [5, 5.41) is 7.87. The van der Waals surface area contributed by atoms with Gasteiger partial charge in [-0.15, -0.1) is 24.0 Å². The highest BCUT2D eigenvalue weighted by molar-refractivity contribution is 14.0. The number of hydrogen-bond donors (Lipinski definition) is 2. The maximum Gasteiger partial charge on any atom is 0.191 e. The molecule has 0 aliphatic rings. The van der Waals surface area contributed by atoms with E-state index >= 15 is 0 Å². The first kappa shape index (κ1) is 25.8. The third-order valence-corrected chi connectivity index (χ3v) is 5.10. The largest absolute Gasteiger partial charge is 0.385 e. The number of nitrogens with one attached hydrogen (secondary N) is 2. The van der Waals surface area contributed by atoms with Crippen molar-refractivity contribution in [1.82, 2.24) is 15.5 Å². The fourth-order valence-corrected chi connectivity index (χ4v) is 3.28. The molecule has 0 amide bonds. The summed E-state index contributed by atoms with van der Waals surface area (Å²) >= 11 is 7.90. The smallest absolute Gasteiger partial charge is 0.191 e. The number of benzene rings is 1. The molecule has 0 heterocycles. The van der Waals surface area contributed by atoms with E-state index in [9.17, 15) is 0 Å². The summed E-state index contributed by atoms with van der Waals surface area (Å²) in [6, 6.07) is 8.03. The predicted molar refractivity (Wildman–Crippen MR) is 126 cm³/mol. The van der Waals surface area contributed by atoms with Crippen LogP contribution in [0, 0.1) is 0 Å². The topological polar surface area (TPSA) is 48.9 Å². The highest BCUT2D eigenvalue weighted by Gasteiger charge is 2.11. The van der Waals surface area contributed by atoms with Crippen molar-refractivity contribution in [1.29, 1.82) is 0 Å². The lowest BCUT2D eigenvalue weighted by atomic mass is 10.1. The van der Waals surface area contributed by atoms with E-state index in [1.54, 1.807) is 25.9 Å². The number of hydrogen-bond acceptors (Lipinski definition) is 4. The van der Waals surface area contributed by atoms with E-state index in [4.69, 9.17) is 16.3 Å². The number of nitrogens with zero attached hydrogens (tertiary/aromatic N) is 2. The zero-order valence-electron chi connectivity index (χ0n) is 16.1. The molecule has 5 nitrogen and oxygen atoms in total. The van der Waals surface area contributed by atoms with E-state index in [0.717, 1.165) is 50.2 Å². The van der Waals surface area contributed by atoms with Gasteiger partial charge >= 0.3 is 0 Å². The van der Waals surface area contributed by atoms with Crippen molar-refractivity contribution in [2.24, 2.45) is 4.99 Å². The van der Waals surface area contributed by atoms with E-state index in [0.29, 0.717) is 5.25 Å². The van der Waals surface area contributed by atoms with Gasteiger partial charge in [0.25, 0.3) is 0 Å². The molecule has 0 saturated heterocycles. The molecule has 0 aliphatic heterocycles. The van der Waals surface area contributed by atoms with Crippen LogP contribution in [0.25, 0.3) is 0 Å². The van der Waals surface area contributed by atoms with Crippen LogP contribution >= 0.6 is 47.3 Å². The van der Waals surface area contributed by atoms with Crippen molar-refractivity contribution in [2.45, 2.75) is 11.7 Å². The Morgan fingerprint density at radius 2 is 2.12 bits per heavy atom. The fraction of sp³-hybridized carbons (Fsp3) is 0.611. The van der Waals surface area contributed by atoms with E-state index in [2.05, 4.69) is 39.9 Å². The quantitative estimate of drug-likeness (QED) is 0.205. The minimum absolute atomic E-state index is 0. The Morgan fingerprint density at radius 3 is 2.73 bits per heavy atom. The van der Waals surface area contributed by atoms with Gasteiger partial charge in [0.1, 0.15) is 0 Å². The Bertz CT molecular complexity index is 522. The number of halogens is 2. The molecule has 1 rings (SSSR count). The van der Waals surface area contributed by atoms with Gasteiger partial charge in [0.15, 0.2) is 5.96 Å². The van der Waals surface area contributed by atoms with Crippen LogP contribution in [0.1, 0.15) is 17.2 Å². The normalized spacial score (nSPS) is 12.6. The maximum atomic E-state index is 6.10. The van der Waals surface area contributed by atoms with E-state index in [1.165, 1.54) is 5.56 Å². The van der Waals surface area contributed by atoms with E-state index in [-0.39, 0.29) is 24.0 Å². The Morgan fingerprint density at radius 1 is 1.35 bits per heavy atom. The van der Waals surface area contributed by atoms with Crippen LogP contribution in [-0.4, -0.2) is 71.1 Å². The van der Waals surface area contributed by atoms with Crippen LogP contribution in [0.2, 0.25) is 5.02 Å². The first-order valence-corrected chi connectivity index (χ1v) is 10.2. The Labute approximate surface area is 184 Å². The molecular weight excluding hydrogens is 483 g/mol. The summed E-state index contributed by atoms with van der Waals surface area (Å²) in [7, 11) is 5.66. The number of rotatable bonds is 11. The number of guanidine groups is 1. The molecule has 2 N–H and O–H groups in total. The highest BCUT2D eigenvalue weighted by atomic mass is 127. The van der Waals surface area contributed by atoms with E-state index in [1.807, 2.05) is 18.2 Å². The first-order chi connectivity index (χ1) is 12.1. The minimum atomic E-state index is 0. The van der Waals surface area contributed by atoms with Gasteiger partial charge in [0.2, 0.25) is 0 Å². The monoisotopic (exact) mass is 514 g/mol. The first-order valence-electron chi connectivity index (χ1n) is 8.51. The van der Waals surface area contributed by atoms with Gasteiger partial charge in [-0.3, -0.25) is 4.99 Å². The van der Waals surface area contributed by atoms with Crippen molar-refractivity contribution in [2.75, 3.05) is 60.2 Å². The molecule has 1 atom stereocenters. The fourth-order valence-electron chi connectivity index (χ4n) is 2.41. The third-order valence-electron chi connectivity index (χ3n) is 3.86. The predicted octanol–water partition coefficient (Wildman–Crippen LogP) is 3.50. The Balaban J connectivity index is 0.00000625. The van der Waals surface area contributed by atoms with Crippen molar-refractivity contribution in [3.8, 4) is 0 Å². The zero-order chi connectivity index (χ0) is 18.5. The third kappa shape index (κ3) is 10.8. The minimum Gasteiger partial charge on any atom is -0.385 e. The van der Waals surface area contributed by atoms with Crippen LogP contribution in [0.4, 0.5) is 0 Å². The summed E-state index contributed by atoms with van der Waals surface area (Å²) in [5.74, 6) is 0.825. The second-order valence-corrected chi connectivity index (χ2v) is 7.29. The lowest BCUT2D eigenvalue weighted by Crippen LogP contribution is -2.42. The van der Waals surface area contributed by atoms with Gasteiger partial charge in [-0.05, 0) is 37.4 Å². The molecule has 0 saturated carbocycles. The van der Waals surface area contributed by atoms with Crippen molar-refractivity contribution in [3.63, 3.8) is 0 Å². The molecule has 0 radical (unpaired) electrons. The standard InChI is InChI=1S/C18H31ClN4OS.HI/c1-20-18(21-9-11-23(2)10-6-12-24-3)22-14-17(25-4)15-7-5-8-16(19)13-15;/h5,7-8,13,17H,6,9-12,14H2,1-4H3,(H2,20,21,22);1H. The zero-order valence-corrected chi connectivity index (χ0v) is 20.0. The van der Waals surface area contributed by atoms with Crippen LogP contribution in [0.3, 0.4) is 0 Å². The maximum absolute atomic E-state index is 6.10. The average Bonchev–Trinajstić information content (AvgIpc) is 2.61. The van der Waals surface area contributed by atoms with Crippen LogP contribution < -0.4 is 10.6 Å². The number of aliphatic imine (C=N–C) groups is 1. The summed E-state index contributed by atoms with van der Waals surface area (Å²) in [6.45, 7) is 4.45.